The molecule has 5 heteroatoms. The first-order chi connectivity index (χ1) is 14.1. The van der Waals surface area contributed by atoms with Crippen molar-refractivity contribution < 1.29 is 14.3 Å². The fourth-order valence-corrected chi connectivity index (χ4v) is 4.10. The number of ether oxygens (including phenoxy) is 1. The van der Waals surface area contributed by atoms with Crippen LogP contribution in [0.25, 0.3) is 0 Å². The van der Waals surface area contributed by atoms with Crippen LogP contribution in [0.2, 0.25) is 0 Å². The second-order valence-electron chi connectivity index (χ2n) is 7.39. The number of aryl methyl sites for hydroxylation is 1. The van der Waals surface area contributed by atoms with E-state index in [4.69, 9.17) is 4.74 Å². The molecule has 29 heavy (non-hydrogen) atoms. The highest BCUT2D eigenvalue weighted by atomic mass is 16.5. The summed E-state index contributed by atoms with van der Waals surface area (Å²) < 4.78 is 5.64. The van der Waals surface area contributed by atoms with Crippen LogP contribution in [0.1, 0.15) is 22.7 Å². The van der Waals surface area contributed by atoms with Crippen molar-refractivity contribution in [3.63, 3.8) is 0 Å². The van der Waals surface area contributed by atoms with Gasteiger partial charge in [0.05, 0.1) is 12.2 Å². The van der Waals surface area contributed by atoms with Crippen LogP contribution in [0.5, 0.6) is 5.75 Å². The van der Waals surface area contributed by atoms with E-state index >= 15 is 0 Å². The van der Waals surface area contributed by atoms with Crippen molar-refractivity contribution in [2.75, 3.05) is 16.4 Å². The largest absolute Gasteiger partial charge is 0.482 e. The first-order valence-corrected chi connectivity index (χ1v) is 9.63. The maximum absolute atomic E-state index is 13.6. The molecular weight excluding hydrogens is 364 g/mol. The summed E-state index contributed by atoms with van der Waals surface area (Å²) >= 11 is 0. The van der Waals surface area contributed by atoms with E-state index in [-0.39, 0.29) is 18.4 Å². The molecule has 0 aromatic heterocycles. The summed E-state index contributed by atoms with van der Waals surface area (Å²) in [5, 5.41) is 0. The van der Waals surface area contributed by atoms with Gasteiger partial charge in [-0.2, -0.15) is 0 Å². The zero-order chi connectivity index (χ0) is 20.0. The van der Waals surface area contributed by atoms with Crippen molar-refractivity contribution in [3.05, 3.63) is 89.5 Å². The number of carbonyl (C=O) groups excluding carboxylic acids is 2. The van der Waals surface area contributed by atoms with E-state index in [0.717, 1.165) is 22.4 Å². The molecule has 1 atom stereocenters. The number of nitrogens with zero attached hydrogens (tertiary/aromatic N) is 2. The van der Waals surface area contributed by atoms with Gasteiger partial charge in [-0.05, 0) is 36.2 Å². The Morgan fingerprint density at radius 2 is 1.69 bits per heavy atom. The maximum atomic E-state index is 13.6. The molecule has 0 aliphatic carbocycles. The standard InChI is InChI=1S/C24H20N2O3/c1-16-11-12-20-21(13-16)29-15-22(27)26(20)23-18-9-5-6-10-19(18)25(24(23)28)14-17-7-3-2-4-8-17/h2-13,23H,14-15H2,1H3. The molecule has 0 N–H and O–H groups in total. The fourth-order valence-electron chi connectivity index (χ4n) is 4.10. The molecule has 144 valence electrons. The third-order valence-corrected chi connectivity index (χ3v) is 5.46. The highest BCUT2D eigenvalue weighted by molar-refractivity contribution is 6.12. The van der Waals surface area contributed by atoms with E-state index in [9.17, 15) is 9.59 Å². The maximum Gasteiger partial charge on any atom is 0.266 e. The Morgan fingerprint density at radius 3 is 2.52 bits per heavy atom. The first kappa shape index (κ1) is 17.5. The van der Waals surface area contributed by atoms with Gasteiger partial charge in [0.25, 0.3) is 11.8 Å². The molecule has 2 aliphatic rings. The summed E-state index contributed by atoms with van der Waals surface area (Å²) in [6.45, 7) is 2.37. The molecule has 3 aromatic rings. The topological polar surface area (TPSA) is 49.9 Å². The van der Waals surface area contributed by atoms with Crippen molar-refractivity contribution in [2.45, 2.75) is 19.5 Å². The number of anilines is 2. The molecule has 2 heterocycles. The number of benzene rings is 3. The zero-order valence-electron chi connectivity index (χ0n) is 16.0. The van der Waals surface area contributed by atoms with Gasteiger partial charge < -0.3 is 9.64 Å². The second kappa shape index (κ2) is 6.78. The van der Waals surface area contributed by atoms with Crippen LogP contribution in [0.3, 0.4) is 0 Å². The van der Waals surface area contributed by atoms with Crippen molar-refractivity contribution in [1.29, 1.82) is 0 Å². The Kier molecular flexibility index (Phi) is 4.09. The van der Waals surface area contributed by atoms with E-state index in [0.29, 0.717) is 18.0 Å². The normalized spacial score (nSPS) is 17.8. The lowest BCUT2D eigenvalue weighted by molar-refractivity contribution is -0.126. The van der Waals surface area contributed by atoms with E-state index in [2.05, 4.69) is 0 Å². The van der Waals surface area contributed by atoms with Gasteiger partial charge in [-0.1, -0.05) is 54.6 Å². The van der Waals surface area contributed by atoms with Gasteiger partial charge in [0.15, 0.2) is 6.61 Å². The highest BCUT2D eigenvalue weighted by Crippen LogP contribution is 2.45. The van der Waals surface area contributed by atoms with Crippen molar-refractivity contribution >= 4 is 23.2 Å². The number of hydrogen-bond acceptors (Lipinski definition) is 3. The lowest BCUT2D eigenvalue weighted by atomic mass is 10.0. The molecular formula is C24H20N2O3. The minimum Gasteiger partial charge on any atom is -0.482 e. The van der Waals surface area contributed by atoms with Crippen LogP contribution < -0.4 is 14.5 Å². The summed E-state index contributed by atoms with van der Waals surface area (Å²) in [7, 11) is 0. The van der Waals surface area contributed by atoms with E-state index in [1.807, 2.05) is 79.7 Å². The van der Waals surface area contributed by atoms with Crippen LogP contribution in [-0.4, -0.2) is 18.4 Å². The predicted molar refractivity (Wildman–Crippen MR) is 111 cm³/mol. The molecule has 5 rings (SSSR count). The van der Waals surface area contributed by atoms with E-state index < -0.39 is 6.04 Å². The lowest BCUT2D eigenvalue weighted by Gasteiger charge is -2.33. The highest BCUT2D eigenvalue weighted by Gasteiger charge is 2.45. The molecule has 0 bridgehead atoms. The number of rotatable bonds is 3. The number of para-hydroxylation sites is 1. The van der Waals surface area contributed by atoms with Gasteiger partial charge >= 0.3 is 0 Å². The lowest BCUT2D eigenvalue weighted by Crippen LogP contribution is -2.45. The summed E-state index contributed by atoms with van der Waals surface area (Å²) in [5.41, 5.74) is 4.42. The first-order valence-electron chi connectivity index (χ1n) is 9.63. The third-order valence-electron chi connectivity index (χ3n) is 5.46. The van der Waals surface area contributed by atoms with E-state index in [1.165, 1.54) is 0 Å². The zero-order valence-corrected chi connectivity index (χ0v) is 16.0. The Bertz CT molecular complexity index is 1110. The number of fused-ring (bicyclic) bond motifs is 2. The molecule has 3 aromatic carbocycles. The van der Waals surface area contributed by atoms with Crippen LogP contribution >= 0.6 is 0 Å². The Hall–Kier alpha value is -3.60. The Morgan fingerprint density at radius 1 is 0.931 bits per heavy atom. The summed E-state index contributed by atoms with van der Waals surface area (Å²) in [6.07, 6.45) is 0. The molecule has 5 nitrogen and oxygen atoms in total. The molecule has 0 radical (unpaired) electrons. The molecule has 0 saturated carbocycles. The van der Waals surface area contributed by atoms with Crippen molar-refractivity contribution in [1.82, 2.24) is 0 Å². The average Bonchev–Trinajstić information content (AvgIpc) is 3.01. The summed E-state index contributed by atoms with van der Waals surface area (Å²) in [6, 6.07) is 22.6. The van der Waals surface area contributed by atoms with Crippen LogP contribution in [0.15, 0.2) is 72.8 Å². The molecule has 1 unspecified atom stereocenters. The van der Waals surface area contributed by atoms with Crippen LogP contribution in [0, 0.1) is 6.92 Å². The van der Waals surface area contributed by atoms with Crippen LogP contribution in [-0.2, 0) is 16.1 Å². The SMILES string of the molecule is Cc1ccc2c(c1)OCC(=O)N2C1C(=O)N(Cc2ccccc2)c2ccccc21. The van der Waals surface area contributed by atoms with Gasteiger partial charge in [-0.15, -0.1) is 0 Å². The molecule has 2 aliphatic heterocycles. The Labute approximate surface area is 169 Å². The monoisotopic (exact) mass is 384 g/mol. The fraction of sp³-hybridized carbons (Fsp3) is 0.167. The number of amides is 2. The second-order valence-corrected chi connectivity index (χ2v) is 7.39. The van der Waals surface area contributed by atoms with Crippen molar-refractivity contribution in [2.24, 2.45) is 0 Å². The molecule has 2 amide bonds. The average molecular weight is 384 g/mol. The molecule has 0 fully saturated rings. The summed E-state index contributed by atoms with van der Waals surface area (Å²) in [4.78, 5) is 29.8. The Balaban J connectivity index is 1.59. The van der Waals surface area contributed by atoms with Gasteiger partial charge in [-0.3, -0.25) is 14.5 Å². The minimum atomic E-state index is -0.687. The molecule has 0 saturated heterocycles. The van der Waals surface area contributed by atoms with Gasteiger partial charge in [0.2, 0.25) is 0 Å². The minimum absolute atomic E-state index is 0.0684. The van der Waals surface area contributed by atoms with E-state index in [1.54, 1.807) is 9.80 Å². The quantitative estimate of drug-likeness (QED) is 0.686. The van der Waals surface area contributed by atoms with Crippen molar-refractivity contribution in [3.8, 4) is 5.75 Å². The predicted octanol–water partition coefficient (Wildman–Crippen LogP) is 4.01. The smallest absolute Gasteiger partial charge is 0.266 e. The van der Waals surface area contributed by atoms with Gasteiger partial charge in [0.1, 0.15) is 11.8 Å². The van der Waals surface area contributed by atoms with Crippen LogP contribution in [0.4, 0.5) is 11.4 Å². The van der Waals surface area contributed by atoms with Gasteiger partial charge in [-0.25, -0.2) is 0 Å². The number of hydrogen-bond donors (Lipinski definition) is 0. The summed E-state index contributed by atoms with van der Waals surface area (Å²) in [5.74, 6) is 0.323. The molecule has 0 spiro atoms. The number of carbonyl (C=O) groups is 2. The van der Waals surface area contributed by atoms with Gasteiger partial charge in [0, 0.05) is 11.3 Å². The third kappa shape index (κ3) is 2.86.